The van der Waals surface area contributed by atoms with Crippen LogP contribution in [-0.2, 0) is 4.79 Å². The molecule has 1 amide bonds. The minimum absolute atomic E-state index is 0.0316. The van der Waals surface area contributed by atoms with Crippen molar-refractivity contribution in [2.75, 3.05) is 24.5 Å². The topological polar surface area (TPSA) is 99.9 Å². The Morgan fingerprint density at radius 2 is 2.29 bits per heavy atom. The van der Waals surface area contributed by atoms with Crippen molar-refractivity contribution in [2.24, 2.45) is 5.73 Å². The zero-order chi connectivity index (χ0) is 15.0. The first-order valence-corrected chi connectivity index (χ1v) is 7.11. The SMILES string of the molecule is CCC(=O)NCC1(N)CN(c2ncnc3[nH]cc(C)c23)C1. The van der Waals surface area contributed by atoms with Gasteiger partial charge in [0.15, 0.2) is 0 Å². The molecule has 0 radical (unpaired) electrons. The van der Waals surface area contributed by atoms with Gasteiger partial charge in [-0.2, -0.15) is 0 Å². The lowest BCUT2D eigenvalue weighted by atomic mass is 9.90. The van der Waals surface area contributed by atoms with E-state index in [0.717, 1.165) is 22.4 Å². The Bertz CT molecular complexity index is 673. The number of H-pyrrole nitrogens is 1. The van der Waals surface area contributed by atoms with E-state index in [0.29, 0.717) is 26.1 Å². The third-order valence-corrected chi connectivity index (χ3v) is 3.92. The summed E-state index contributed by atoms with van der Waals surface area (Å²) < 4.78 is 0. The molecule has 0 atom stereocenters. The molecule has 0 aliphatic carbocycles. The number of aromatic nitrogens is 3. The number of aromatic amines is 1. The van der Waals surface area contributed by atoms with Crippen molar-refractivity contribution in [3.8, 4) is 0 Å². The molecular weight excluding hydrogens is 268 g/mol. The van der Waals surface area contributed by atoms with Gasteiger partial charge in [0.05, 0.1) is 10.9 Å². The van der Waals surface area contributed by atoms with Crippen LogP contribution in [0.5, 0.6) is 0 Å². The molecule has 0 aromatic carbocycles. The standard InChI is InChI=1S/C14H20N6O/c1-3-10(21)17-5-14(15)6-20(7-14)13-11-9(2)4-16-12(11)18-8-19-13/h4,8H,3,5-7,15H2,1-2H3,(H,17,21)(H,16,18,19). The molecule has 2 aromatic rings. The molecule has 112 valence electrons. The summed E-state index contributed by atoms with van der Waals surface area (Å²) in [7, 11) is 0. The molecule has 7 nitrogen and oxygen atoms in total. The number of hydrogen-bond donors (Lipinski definition) is 3. The smallest absolute Gasteiger partial charge is 0.219 e. The molecule has 1 fully saturated rings. The summed E-state index contributed by atoms with van der Waals surface area (Å²) in [4.78, 5) is 25.2. The Kier molecular flexibility index (Phi) is 3.29. The minimum atomic E-state index is -0.383. The quantitative estimate of drug-likeness (QED) is 0.752. The Morgan fingerprint density at radius 1 is 1.52 bits per heavy atom. The summed E-state index contributed by atoms with van der Waals surface area (Å²) in [5, 5.41) is 3.90. The highest BCUT2D eigenvalue weighted by molar-refractivity contribution is 5.91. The Hall–Kier alpha value is -2.15. The highest BCUT2D eigenvalue weighted by Crippen LogP contribution is 2.31. The zero-order valence-corrected chi connectivity index (χ0v) is 12.3. The summed E-state index contributed by atoms with van der Waals surface area (Å²) in [5.74, 6) is 0.936. The molecule has 2 aromatic heterocycles. The van der Waals surface area contributed by atoms with Gasteiger partial charge in [-0.05, 0) is 12.5 Å². The van der Waals surface area contributed by atoms with Gasteiger partial charge in [-0.3, -0.25) is 4.79 Å². The van der Waals surface area contributed by atoms with Gasteiger partial charge >= 0.3 is 0 Å². The van der Waals surface area contributed by atoms with Gasteiger partial charge in [0.1, 0.15) is 17.8 Å². The van der Waals surface area contributed by atoms with Crippen molar-refractivity contribution in [1.29, 1.82) is 0 Å². The molecule has 0 unspecified atom stereocenters. The van der Waals surface area contributed by atoms with Crippen molar-refractivity contribution in [1.82, 2.24) is 20.3 Å². The maximum Gasteiger partial charge on any atom is 0.219 e. The van der Waals surface area contributed by atoms with Gasteiger partial charge in [-0.25, -0.2) is 9.97 Å². The fourth-order valence-electron chi connectivity index (χ4n) is 2.71. The van der Waals surface area contributed by atoms with Crippen LogP contribution in [0.25, 0.3) is 11.0 Å². The van der Waals surface area contributed by atoms with Crippen LogP contribution in [0.3, 0.4) is 0 Å². The van der Waals surface area contributed by atoms with Crippen molar-refractivity contribution in [3.63, 3.8) is 0 Å². The second-order valence-electron chi connectivity index (χ2n) is 5.74. The van der Waals surface area contributed by atoms with Gasteiger partial charge in [0.25, 0.3) is 0 Å². The van der Waals surface area contributed by atoms with E-state index >= 15 is 0 Å². The largest absolute Gasteiger partial charge is 0.354 e. The van der Waals surface area contributed by atoms with Gasteiger partial charge < -0.3 is 20.9 Å². The summed E-state index contributed by atoms with van der Waals surface area (Å²) >= 11 is 0. The van der Waals surface area contributed by atoms with Gasteiger partial charge in [0, 0.05) is 32.3 Å². The van der Waals surface area contributed by atoms with E-state index in [4.69, 9.17) is 5.73 Å². The molecule has 3 rings (SSSR count). The lowest BCUT2D eigenvalue weighted by molar-refractivity contribution is -0.121. The van der Waals surface area contributed by atoms with Gasteiger partial charge in [-0.15, -0.1) is 0 Å². The monoisotopic (exact) mass is 288 g/mol. The molecular formula is C14H20N6O. The first kappa shape index (κ1) is 13.8. The number of nitrogens with two attached hydrogens (primary N) is 1. The van der Waals surface area contributed by atoms with Crippen LogP contribution in [0.1, 0.15) is 18.9 Å². The van der Waals surface area contributed by atoms with Crippen LogP contribution in [-0.4, -0.2) is 46.0 Å². The predicted octanol–water partition coefficient (Wildman–Crippen LogP) is 0.310. The second-order valence-corrected chi connectivity index (χ2v) is 5.74. The summed E-state index contributed by atoms with van der Waals surface area (Å²) in [6, 6.07) is 0. The van der Waals surface area contributed by atoms with Crippen LogP contribution in [0.2, 0.25) is 0 Å². The van der Waals surface area contributed by atoms with Crippen LogP contribution in [0.15, 0.2) is 12.5 Å². The first-order chi connectivity index (χ1) is 10.0. The van der Waals surface area contributed by atoms with E-state index in [1.54, 1.807) is 6.33 Å². The summed E-state index contributed by atoms with van der Waals surface area (Å²) in [6.07, 6.45) is 3.97. The summed E-state index contributed by atoms with van der Waals surface area (Å²) in [6.45, 7) is 5.71. The molecule has 4 N–H and O–H groups in total. The Balaban J connectivity index is 1.73. The third kappa shape index (κ3) is 2.44. The normalized spacial score (nSPS) is 16.8. The average molecular weight is 288 g/mol. The van der Waals surface area contributed by atoms with E-state index in [9.17, 15) is 4.79 Å². The van der Waals surface area contributed by atoms with Crippen molar-refractivity contribution in [3.05, 3.63) is 18.1 Å². The molecule has 3 heterocycles. The van der Waals surface area contributed by atoms with Crippen LogP contribution < -0.4 is 16.0 Å². The van der Waals surface area contributed by atoms with Crippen molar-refractivity contribution < 1.29 is 4.79 Å². The molecule has 1 aliphatic rings. The maximum absolute atomic E-state index is 11.3. The molecule has 7 heteroatoms. The van der Waals surface area contributed by atoms with Crippen molar-refractivity contribution >= 4 is 22.8 Å². The predicted molar refractivity (Wildman–Crippen MR) is 81.1 cm³/mol. The number of amides is 1. The zero-order valence-electron chi connectivity index (χ0n) is 12.3. The molecule has 21 heavy (non-hydrogen) atoms. The highest BCUT2D eigenvalue weighted by Gasteiger charge is 2.41. The van der Waals surface area contributed by atoms with E-state index in [2.05, 4.69) is 25.2 Å². The van der Waals surface area contributed by atoms with E-state index < -0.39 is 0 Å². The van der Waals surface area contributed by atoms with Crippen LogP contribution in [0.4, 0.5) is 5.82 Å². The molecule has 0 spiro atoms. The third-order valence-electron chi connectivity index (χ3n) is 3.92. The number of carbonyl (C=O) groups excluding carboxylic acids is 1. The van der Waals surface area contributed by atoms with Gasteiger partial charge in [0.2, 0.25) is 5.91 Å². The fraction of sp³-hybridized carbons (Fsp3) is 0.500. The van der Waals surface area contributed by atoms with Crippen LogP contribution in [0, 0.1) is 6.92 Å². The highest BCUT2D eigenvalue weighted by atomic mass is 16.1. The Labute approximate surface area is 122 Å². The van der Waals surface area contributed by atoms with E-state index in [1.807, 2.05) is 20.0 Å². The minimum Gasteiger partial charge on any atom is -0.354 e. The number of aryl methyl sites for hydroxylation is 1. The maximum atomic E-state index is 11.3. The molecule has 1 aliphatic heterocycles. The number of rotatable bonds is 4. The van der Waals surface area contributed by atoms with Crippen LogP contribution >= 0.6 is 0 Å². The number of carbonyl (C=O) groups is 1. The lowest BCUT2D eigenvalue weighted by Crippen LogP contribution is -2.72. The first-order valence-electron chi connectivity index (χ1n) is 7.11. The molecule has 0 saturated carbocycles. The molecule has 1 saturated heterocycles. The summed E-state index contributed by atoms with van der Waals surface area (Å²) in [5.41, 5.74) is 7.86. The fourth-order valence-corrected chi connectivity index (χ4v) is 2.71. The lowest BCUT2D eigenvalue weighted by Gasteiger charge is -2.48. The van der Waals surface area contributed by atoms with E-state index in [-0.39, 0.29) is 11.4 Å². The second kappa shape index (κ2) is 5.00. The van der Waals surface area contributed by atoms with Crippen molar-refractivity contribution in [2.45, 2.75) is 25.8 Å². The Morgan fingerprint density at radius 3 is 3.00 bits per heavy atom. The number of nitrogens with one attached hydrogen (secondary N) is 2. The average Bonchev–Trinajstić information content (AvgIpc) is 2.83. The number of anilines is 1. The van der Waals surface area contributed by atoms with E-state index in [1.165, 1.54) is 0 Å². The number of fused-ring (bicyclic) bond motifs is 1. The van der Waals surface area contributed by atoms with Gasteiger partial charge in [-0.1, -0.05) is 6.92 Å². The number of hydrogen-bond acceptors (Lipinski definition) is 5. The molecule has 0 bridgehead atoms. The number of nitrogens with zero attached hydrogens (tertiary/aromatic N) is 3.